The van der Waals surface area contributed by atoms with Gasteiger partial charge in [-0.15, -0.1) is 0 Å². The number of carboxylic acid groups (broad SMARTS) is 1. The van der Waals surface area contributed by atoms with Gasteiger partial charge < -0.3 is 10.0 Å². The highest BCUT2D eigenvalue weighted by Crippen LogP contribution is 2.27. The van der Waals surface area contributed by atoms with E-state index in [0.29, 0.717) is 0 Å². The number of carbonyl (C=O) groups excluding carboxylic acids is 2. The third-order valence-electron chi connectivity index (χ3n) is 2.49. The first-order chi connectivity index (χ1) is 8.49. The fraction of sp³-hybridized carbons (Fsp3) is 0.182. The average molecular weight is 269 g/mol. The molecule has 2 rings (SSSR count). The van der Waals surface area contributed by atoms with Crippen molar-refractivity contribution in [3.63, 3.8) is 0 Å². The van der Waals surface area contributed by atoms with Gasteiger partial charge in [0, 0.05) is 0 Å². The summed E-state index contributed by atoms with van der Waals surface area (Å²) in [6, 6.07) is 4.53. The van der Waals surface area contributed by atoms with Crippen LogP contribution in [-0.2, 0) is 9.59 Å². The number of aromatic carboxylic acids is 1. The molecule has 0 aromatic heterocycles. The van der Waals surface area contributed by atoms with E-state index in [2.05, 4.69) is 5.32 Å². The Kier molecular flexibility index (Phi) is 3.20. The topological polar surface area (TPSA) is 86.7 Å². The molecule has 2 amide bonds. The molecule has 1 aromatic rings. The van der Waals surface area contributed by atoms with E-state index >= 15 is 0 Å². The first-order valence-electron chi connectivity index (χ1n) is 5.08. The van der Waals surface area contributed by atoms with Crippen LogP contribution in [0.2, 0.25) is 5.02 Å². The predicted molar refractivity (Wildman–Crippen MR) is 63.8 cm³/mol. The van der Waals surface area contributed by atoms with Gasteiger partial charge in [0.25, 0.3) is 0 Å². The maximum atomic E-state index is 11.3. The molecule has 0 radical (unpaired) electrons. The van der Waals surface area contributed by atoms with E-state index in [9.17, 15) is 14.4 Å². The van der Waals surface area contributed by atoms with Gasteiger partial charge in [0.2, 0.25) is 11.8 Å². The molecule has 1 heterocycles. The van der Waals surface area contributed by atoms with Crippen LogP contribution in [0, 0.1) is 0 Å². The van der Waals surface area contributed by atoms with Gasteiger partial charge in [0.1, 0.15) is 5.56 Å². The number of anilines is 1. The second-order valence-corrected chi connectivity index (χ2v) is 4.17. The van der Waals surface area contributed by atoms with Crippen molar-refractivity contribution in [2.45, 2.75) is 0 Å². The highest BCUT2D eigenvalue weighted by Gasteiger charge is 2.26. The summed E-state index contributed by atoms with van der Waals surface area (Å²) < 4.78 is 0. The number of nitrogens with zero attached hydrogens (tertiary/aromatic N) is 1. The fourth-order valence-electron chi connectivity index (χ4n) is 1.80. The van der Waals surface area contributed by atoms with Crippen LogP contribution in [0.25, 0.3) is 0 Å². The third kappa shape index (κ3) is 2.28. The molecule has 0 aliphatic carbocycles. The monoisotopic (exact) mass is 268 g/mol. The first kappa shape index (κ1) is 12.4. The summed E-state index contributed by atoms with van der Waals surface area (Å²) >= 11 is 5.82. The molecule has 1 aliphatic heterocycles. The van der Waals surface area contributed by atoms with Crippen LogP contribution >= 0.6 is 11.6 Å². The summed E-state index contributed by atoms with van der Waals surface area (Å²) in [5.41, 5.74) is 0.153. The molecule has 0 spiro atoms. The molecular formula is C11H9ClN2O4. The Morgan fingerprint density at radius 2 is 1.89 bits per heavy atom. The lowest BCUT2D eigenvalue weighted by Gasteiger charge is -2.28. The standard InChI is InChI=1S/C11H9ClN2O4/c12-6-2-1-3-7(10(6)11(17)18)14-4-8(15)13-9(16)5-14/h1-3H,4-5H2,(H,17,18)(H,13,15,16). The summed E-state index contributed by atoms with van der Waals surface area (Å²) in [5, 5.41) is 11.3. The predicted octanol–water partition coefficient (Wildman–Crippen LogP) is 0.501. The lowest BCUT2D eigenvalue weighted by molar-refractivity contribution is -0.130. The van der Waals surface area contributed by atoms with Gasteiger partial charge in [-0.1, -0.05) is 17.7 Å². The van der Waals surface area contributed by atoms with E-state index in [-0.39, 0.29) is 29.4 Å². The quantitative estimate of drug-likeness (QED) is 0.763. The summed E-state index contributed by atoms with van der Waals surface area (Å²) in [7, 11) is 0. The molecule has 18 heavy (non-hydrogen) atoms. The second-order valence-electron chi connectivity index (χ2n) is 3.77. The lowest BCUT2D eigenvalue weighted by Crippen LogP contribution is -2.51. The van der Waals surface area contributed by atoms with Gasteiger partial charge >= 0.3 is 5.97 Å². The van der Waals surface area contributed by atoms with E-state index in [1.807, 2.05) is 0 Å². The summed E-state index contributed by atoms with van der Waals surface area (Å²) in [4.78, 5) is 35.1. The van der Waals surface area contributed by atoms with Crippen LogP contribution in [0.4, 0.5) is 5.69 Å². The number of hydrogen-bond donors (Lipinski definition) is 2. The fourth-order valence-corrected chi connectivity index (χ4v) is 2.05. The number of imide groups is 1. The van der Waals surface area contributed by atoms with Gasteiger partial charge in [0.15, 0.2) is 0 Å². The molecular weight excluding hydrogens is 260 g/mol. The molecule has 2 N–H and O–H groups in total. The maximum Gasteiger partial charge on any atom is 0.339 e. The molecule has 94 valence electrons. The molecule has 1 aromatic carbocycles. The Morgan fingerprint density at radius 3 is 2.44 bits per heavy atom. The largest absolute Gasteiger partial charge is 0.478 e. The number of halogens is 1. The van der Waals surface area contributed by atoms with E-state index in [4.69, 9.17) is 16.7 Å². The van der Waals surface area contributed by atoms with Crippen LogP contribution in [0.5, 0.6) is 0 Å². The normalized spacial score (nSPS) is 15.5. The van der Waals surface area contributed by atoms with E-state index in [1.165, 1.54) is 17.0 Å². The van der Waals surface area contributed by atoms with Crippen LogP contribution < -0.4 is 10.2 Å². The lowest BCUT2D eigenvalue weighted by atomic mass is 10.1. The Hall–Kier alpha value is -2.08. The van der Waals surface area contributed by atoms with E-state index < -0.39 is 17.8 Å². The van der Waals surface area contributed by atoms with Crippen molar-refractivity contribution in [3.8, 4) is 0 Å². The zero-order valence-electron chi connectivity index (χ0n) is 9.14. The molecule has 6 nitrogen and oxygen atoms in total. The van der Waals surface area contributed by atoms with Crippen molar-refractivity contribution >= 4 is 35.1 Å². The van der Waals surface area contributed by atoms with Crippen molar-refractivity contribution in [1.29, 1.82) is 0 Å². The van der Waals surface area contributed by atoms with Gasteiger partial charge in [-0.05, 0) is 12.1 Å². The van der Waals surface area contributed by atoms with Crippen molar-refractivity contribution in [2.75, 3.05) is 18.0 Å². The minimum absolute atomic E-state index is 0.0680. The number of piperazine rings is 1. The van der Waals surface area contributed by atoms with Crippen molar-refractivity contribution in [2.24, 2.45) is 0 Å². The van der Waals surface area contributed by atoms with Crippen molar-refractivity contribution in [3.05, 3.63) is 28.8 Å². The number of benzene rings is 1. The number of nitrogens with one attached hydrogen (secondary N) is 1. The molecule has 1 fully saturated rings. The van der Waals surface area contributed by atoms with Crippen LogP contribution in [-0.4, -0.2) is 36.0 Å². The van der Waals surface area contributed by atoms with E-state index in [1.54, 1.807) is 6.07 Å². The molecule has 1 aliphatic rings. The molecule has 7 heteroatoms. The van der Waals surface area contributed by atoms with Crippen molar-refractivity contribution < 1.29 is 19.5 Å². The smallest absolute Gasteiger partial charge is 0.339 e. The minimum atomic E-state index is -1.20. The van der Waals surface area contributed by atoms with E-state index in [0.717, 1.165) is 0 Å². The number of carbonyl (C=O) groups is 3. The van der Waals surface area contributed by atoms with Gasteiger partial charge in [0.05, 0.1) is 23.8 Å². The number of hydrogen-bond acceptors (Lipinski definition) is 4. The zero-order valence-corrected chi connectivity index (χ0v) is 9.90. The van der Waals surface area contributed by atoms with Crippen LogP contribution in [0.3, 0.4) is 0 Å². The summed E-state index contributed by atoms with van der Waals surface area (Å²) in [6.07, 6.45) is 0. The molecule has 1 saturated heterocycles. The number of carboxylic acids is 1. The Morgan fingerprint density at radius 1 is 1.28 bits per heavy atom. The number of amides is 2. The minimum Gasteiger partial charge on any atom is -0.478 e. The molecule has 0 atom stereocenters. The van der Waals surface area contributed by atoms with Crippen LogP contribution in [0.15, 0.2) is 18.2 Å². The highest BCUT2D eigenvalue weighted by molar-refractivity contribution is 6.34. The van der Waals surface area contributed by atoms with Gasteiger partial charge in [-0.2, -0.15) is 0 Å². The van der Waals surface area contributed by atoms with Gasteiger partial charge in [-0.3, -0.25) is 14.9 Å². The molecule has 0 bridgehead atoms. The first-order valence-corrected chi connectivity index (χ1v) is 5.46. The third-order valence-corrected chi connectivity index (χ3v) is 2.81. The van der Waals surface area contributed by atoms with Crippen LogP contribution in [0.1, 0.15) is 10.4 Å². The number of rotatable bonds is 2. The highest BCUT2D eigenvalue weighted by atomic mass is 35.5. The Labute approximate surface area is 107 Å². The maximum absolute atomic E-state index is 11.3. The zero-order chi connectivity index (χ0) is 13.3. The average Bonchev–Trinajstić information content (AvgIpc) is 2.26. The summed E-state index contributed by atoms with van der Waals surface area (Å²) in [5.74, 6) is -2.14. The van der Waals surface area contributed by atoms with Gasteiger partial charge in [-0.25, -0.2) is 4.79 Å². The SMILES string of the molecule is O=C1CN(c2cccc(Cl)c2C(=O)O)CC(=O)N1. The molecule has 0 saturated carbocycles. The summed E-state index contributed by atoms with van der Waals surface area (Å²) in [6.45, 7) is -0.154. The Balaban J connectivity index is 2.44. The Bertz CT molecular complexity index is 528. The molecule has 0 unspecified atom stereocenters. The second kappa shape index (κ2) is 4.66. The van der Waals surface area contributed by atoms with Crippen molar-refractivity contribution in [1.82, 2.24) is 5.32 Å².